The zero-order valence-electron chi connectivity index (χ0n) is 16.1. The van der Waals surface area contributed by atoms with Crippen molar-refractivity contribution in [1.29, 1.82) is 0 Å². The lowest BCUT2D eigenvalue weighted by Gasteiger charge is -2.58. The quantitative estimate of drug-likeness (QED) is 0.548. The van der Waals surface area contributed by atoms with Crippen molar-refractivity contribution >= 4 is 29.2 Å². The standard InChI is InChI=1S/C22H28ClNO3/c1-3-24(18-7-5-4-6-8-18)19(25)15(2)27-20(26)21-10-16-9-17(11-21)13-22(23,12-16)14-21/h4-8,15-17H,3,9-14H2,1-2H3/t15-,16-,17-,21?,22?/m1/s1. The van der Waals surface area contributed by atoms with Crippen molar-refractivity contribution in [2.75, 3.05) is 11.4 Å². The monoisotopic (exact) mass is 389 g/mol. The second-order valence-corrected chi connectivity index (χ2v) is 9.66. The fourth-order valence-corrected chi connectivity index (χ4v) is 6.71. The van der Waals surface area contributed by atoms with Crippen LogP contribution in [0.15, 0.2) is 30.3 Å². The molecule has 0 aromatic heterocycles. The molecule has 4 bridgehead atoms. The summed E-state index contributed by atoms with van der Waals surface area (Å²) in [7, 11) is 0. The van der Waals surface area contributed by atoms with Crippen molar-refractivity contribution < 1.29 is 14.3 Å². The summed E-state index contributed by atoms with van der Waals surface area (Å²) < 4.78 is 5.76. The van der Waals surface area contributed by atoms with Crippen molar-refractivity contribution in [3.8, 4) is 0 Å². The third-order valence-electron chi connectivity index (χ3n) is 6.70. The van der Waals surface area contributed by atoms with Crippen LogP contribution in [0.5, 0.6) is 0 Å². The zero-order valence-corrected chi connectivity index (χ0v) is 16.9. The first-order chi connectivity index (χ1) is 12.8. The van der Waals surface area contributed by atoms with Crippen LogP contribution in [0.3, 0.4) is 0 Å². The molecule has 0 saturated heterocycles. The maximum Gasteiger partial charge on any atom is 0.312 e. The van der Waals surface area contributed by atoms with Crippen LogP contribution in [-0.4, -0.2) is 29.4 Å². The van der Waals surface area contributed by atoms with Crippen LogP contribution in [0.25, 0.3) is 0 Å². The number of hydrogen-bond acceptors (Lipinski definition) is 3. The Morgan fingerprint density at radius 2 is 1.81 bits per heavy atom. The SMILES string of the molecule is CCN(C(=O)[C@@H](C)OC(=O)C12C[C@H]3C[C@@H](CC(Cl)(C3)C1)C2)c1ccccc1. The Morgan fingerprint density at radius 3 is 2.37 bits per heavy atom. The van der Waals surface area contributed by atoms with E-state index in [0.29, 0.717) is 24.8 Å². The molecule has 0 radical (unpaired) electrons. The van der Waals surface area contributed by atoms with Gasteiger partial charge in [0, 0.05) is 17.1 Å². The predicted octanol–water partition coefficient (Wildman–Crippen LogP) is 4.55. The molecular weight excluding hydrogens is 362 g/mol. The van der Waals surface area contributed by atoms with Crippen LogP contribution < -0.4 is 4.90 Å². The van der Waals surface area contributed by atoms with Crippen molar-refractivity contribution in [2.45, 2.75) is 63.4 Å². The predicted molar refractivity (Wildman–Crippen MR) is 106 cm³/mol. The lowest BCUT2D eigenvalue weighted by molar-refractivity contribution is -0.176. The first kappa shape index (κ1) is 18.8. The first-order valence-electron chi connectivity index (χ1n) is 10.1. The summed E-state index contributed by atoms with van der Waals surface area (Å²) >= 11 is 6.83. The molecule has 0 heterocycles. The number of ether oxygens (including phenoxy) is 1. The lowest BCUT2D eigenvalue weighted by Crippen LogP contribution is -2.57. The molecule has 1 amide bonds. The summed E-state index contributed by atoms with van der Waals surface area (Å²) in [6.45, 7) is 4.14. The Hall–Kier alpha value is -1.55. The summed E-state index contributed by atoms with van der Waals surface area (Å²) in [5.74, 6) is 0.659. The minimum Gasteiger partial charge on any atom is -0.452 e. The van der Waals surface area contributed by atoms with E-state index < -0.39 is 11.5 Å². The van der Waals surface area contributed by atoms with E-state index in [1.54, 1.807) is 11.8 Å². The molecule has 4 saturated carbocycles. The topological polar surface area (TPSA) is 46.6 Å². The number of hydrogen-bond donors (Lipinski definition) is 0. The van der Waals surface area contributed by atoms with Crippen LogP contribution in [0.2, 0.25) is 0 Å². The van der Waals surface area contributed by atoms with E-state index in [4.69, 9.17) is 16.3 Å². The zero-order chi connectivity index (χ0) is 19.2. The maximum absolute atomic E-state index is 13.1. The van der Waals surface area contributed by atoms with Gasteiger partial charge in [0.2, 0.25) is 0 Å². The Balaban J connectivity index is 1.47. The number of anilines is 1. The molecule has 4 aliphatic carbocycles. The van der Waals surface area contributed by atoms with Gasteiger partial charge in [-0.25, -0.2) is 0 Å². The van der Waals surface area contributed by atoms with Gasteiger partial charge in [0.1, 0.15) is 0 Å². The molecule has 4 nitrogen and oxygen atoms in total. The van der Waals surface area contributed by atoms with Gasteiger partial charge in [0.05, 0.1) is 5.41 Å². The highest BCUT2D eigenvalue weighted by Gasteiger charge is 2.61. The Bertz CT molecular complexity index is 720. The molecule has 5 rings (SSSR count). The normalized spacial score (nSPS) is 34.9. The van der Waals surface area contributed by atoms with Crippen molar-refractivity contribution in [2.24, 2.45) is 17.3 Å². The molecule has 3 atom stereocenters. The van der Waals surface area contributed by atoms with Gasteiger partial charge in [0.15, 0.2) is 6.10 Å². The van der Waals surface area contributed by atoms with Crippen LogP contribution in [0.4, 0.5) is 5.69 Å². The Kier molecular flexibility index (Phi) is 4.74. The van der Waals surface area contributed by atoms with Crippen LogP contribution in [-0.2, 0) is 14.3 Å². The van der Waals surface area contributed by atoms with E-state index in [9.17, 15) is 9.59 Å². The Labute approximate surface area is 166 Å². The average Bonchev–Trinajstić information content (AvgIpc) is 2.61. The number of benzene rings is 1. The molecule has 0 spiro atoms. The number of likely N-dealkylation sites (N-methyl/N-ethyl adjacent to an activating group) is 1. The fourth-order valence-electron chi connectivity index (χ4n) is 6.02. The second-order valence-electron chi connectivity index (χ2n) is 8.86. The van der Waals surface area contributed by atoms with Gasteiger partial charge >= 0.3 is 5.97 Å². The summed E-state index contributed by atoms with van der Waals surface area (Å²) in [4.78, 5) is 27.5. The summed E-state index contributed by atoms with van der Waals surface area (Å²) in [5.41, 5.74) is 0.340. The van der Waals surface area contributed by atoms with Crippen molar-refractivity contribution in [1.82, 2.24) is 0 Å². The molecule has 0 N–H and O–H groups in total. The van der Waals surface area contributed by atoms with E-state index in [1.807, 2.05) is 37.3 Å². The van der Waals surface area contributed by atoms with E-state index in [-0.39, 0.29) is 16.8 Å². The molecule has 1 aromatic rings. The van der Waals surface area contributed by atoms with E-state index in [1.165, 1.54) is 6.42 Å². The average molecular weight is 390 g/mol. The minimum atomic E-state index is -0.795. The number of carbonyl (C=O) groups excluding carboxylic acids is 2. The number of alkyl halides is 1. The van der Waals surface area contributed by atoms with Gasteiger partial charge in [-0.15, -0.1) is 11.6 Å². The smallest absolute Gasteiger partial charge is 0.312 e. The van der Waals surface area contributed by atoms with E-state index in [0.717, 1.165) is 31.4 Å². The molecule has 5 heteroatoms. The number of esters is 1. The third kappa shape index (κ3) is 3.37. The molecule has 27 heavy (non-hydrogen) atoms. The number of carbonyl (C=O) groups is 2. The summed E-state index contributed by atoms with van der Waals surface area (Å²) in [5, 5.41) is 0. The van der Waals surface area contributed by atoms with Crippen LogP contribution in [0.1, 0.15) is 52.4 Å². The van der Waals surface area contributed by atoms with Crippen molar-refractivity contribution in [3.05, 3.63) is 30.3 Å². The number of amides is 1. The highest BCUT2D eigenvalue weighted by atomic mass is 35.5. The van der Waals surface area contributed by atoms with Gasteiger partial charge in [-0.2, -0.15) is 0 Å². The maximum atomic E-state index is 13.1. The summed E-state index contributed by atoms with van der Waals surface area (Å²) in [6.07, 6.45) is 4.87. The largest absolute Gasteiger partial charge is 0.452 e. The number of rotatable bonds is 5. The molecule has 146 valence electrons. The second kappa shape index (κ2) is 6.80. The van der Waals surface area contributed by atoms with E-state index in [2.05, 4.69) is 0 Å². The molecule has 1 aromatic carbocycles. The van der Waals surface area contributed by atoms with E-state index >= 15 is 0 Å². The number of para-hydroxylation sites is 1. The summed E-state index contributed by atoms with van der Waals surface area (Å²) in [6, 6.07) is 9.51. The highest BCUT2D eigenvalue weighted by Crippen LogP contribution is 2.64. The first-order valence-corrected chi connectivity index (χ1v) is 10.5. The molecule has 0 aliphatic heterocycles. The number of nitrogens with zero attached hydrogens (tertiary/aromatic N) is 1. The molecular formula is C22H28ClNO3. The van der Waals surface area contributed by atoms with Gasteiger partial charge < -0.3 is 9.64 Å². The highest BCUT2D eigenvalue weighted by molar-refractivity contribution is 6.24. The molecule has 0 unspecified atom stereocenters. The minimum absolute atomic E-state index is 0.178. The van der Waals surface area contributed by atoms with Crippen molar-refractivity contribution in [3.63, 3.8) is 0 Å². The molecule has 4 fully saturated rings. The lowest BCUT2D eigenvalue weighted by atomic mass is 9.49. The van der Waals surface area contributed by atoms with Crippen LogP contribution in [0, 0.1) is 17.3 Å². The fraction of sp³-hybridized carbons (Fsp3) is 0.636. The van der Waals surface area contributed by atoms with Gasteiger partial charge in [-0.05, 0) is 76.3 Å². The third-order valence-corrected chi connectivity index (χ3v) is 7.15. The van der Waals surface area contributed by atoms with Gasteiger partial charge in [-0.3, -0.25) is 9.59 Å². The molecule has 4 aliphatic rings. The van der Waals surface area contributed by atoms with Crippen LogP contribution >= 0.6 is 11.6 Å². The van der Waals surface area contributed by atoms with Gasteiger partial charge in [-0.1, -0.05) is 18.2 Å². The Morgan fingerprint density at radius 1 is 1.19 bits per heavy atom. The van der Waals surface area contributed by atoms with Gasteiger partial charge in [0.25, 0.3) is 5.91 Å². The number of halogens is 1.